The Labute approximate surface area is 140 Å². The van der Waals surface area contributed by atoms with Crippen molar-refractivity contribution in [1.82, 2.24) is 10.2 Å². The summed E-state index contributed by atoms with van der Waals surface area (Å²) in [6, 6.07) is 8.73. The number of carbonyl (C=O) groups excluding carboxylic acids is 1. The van der Waals surface area contributed by atoms with Crippen molar-refractivity contribution in [2.45, 2.75) is 46.0 Å². The van der Waals surface area contributed by atoms with Gasteiger partial charge in [-0.15, -0.1) is 0 Å². The fourth-order valence-electron chi connectivity index (χ4n) is 3.10. The Hall–Kier alpha value is -1.71. The van der Waals surface area contributed by atoms with E-state index in [9.17, 15) is 4.79 Å². The average Bonchev–Trinajstić information content (AvgIpc) is 2.58. The number of unbranched alkanes of at least 4 members (excludes halogenated alkanes) is 2. The van der Waals surface area contributed by atoms with Gasteiger partial charge in [-0.05, 0) is 24.0 Å². The van der Waals surface area contributed by atoms with Crippen molar-refractivity contribution in [2.24, 2.45) is 0 Å². The molecule has 0 radical (unpaired) electrons. The third kappa shape index (κ3) is 4.88. The number of urea groups is 1. The van der Waals surface area contributed by atoms with Crippen molar-refractivity contribution < 1.29 is 4.79 Å². The molecule has 2 amide bonds. The molecular weight excluding hydrogens is 286 g/mol. The first-order valence-corrected chi connectivity index (χ1v) is 9.00. The Balaban J connectivity index is 1.85. The SMILES string of the molecule is CCCCCNC(=O)N1CCN(c2ccccc2C(C)C)CC1. The number of amides is 2. The molecule has 1 aromatic carbocycles. The van der Waals surface area contributed by atoms with Gasteiger partial charge < -0.3 is 15.1 Å². The van der Waals surface area contributed by atoms with Crippen LogP contribution in [0.25, 0.3) is 0 Å². The molecule has 2 rings (SSSR count). The van der Waals surface area contributed by atoms with Crippen molar-refractivity contribution >= 4 is 11.7 Å². The highest BCUT2D eigenvalue weighted by Crippen LogP contribution is 2.27. The molecule has 1 N–H and O–H groups in total. The van der Waals surface area contributed by atoms with Crippen LogP contribution in [0.5, 0.6) is 0 Å². The summed E-state index contributed by atoms with van der Waals surface area (Å²) in [5.41, 5.74) is 2.72. The molecule has 23 heavy (non-hydrogen) atoms. The predicted octanol–water partition coefficient (Wildman–Crippen LogP) is 3.83. The highest BCUT2D eigenvalue weighted by molar-refractivity contribution is 5.74. The molecule has 128 valence electrons. The molecule has 1 fully saturated rings. The van der Waals surface area contributed by atoms with E-state index in [0.29, 0.717) is 5.92 Å². The number of carbonyl (C=O) groups is 1. The molecule has 1 saturated heterocycles. The fraction of sp³-hybridized carbons (Fsp3) is 0.632. The summed E-state index contributed by atoms with van der Waals surface area (Å²) in [6.07, 6.45) is 3.44. The molecule has 0 aromatic heterocycles. The van der Waals surface area contributed by atoms with Crippen molar-refractivity contribution in [3.63, 3.8) is 0 Å². The molecule has 1 aliphatic heterocycles. The lowest BCUT2D eigenvalue weighted by molar-refractivity contribution is 0.194. The minimum atomic E-state index is 0.0953. The van der Waals surface area contributed by atoms with Crippen LogP contribution in [0.4, 0.5) is 10.5 Å². The van der Waals surface area contributed by atoms with Crippen LogP contribution in [-0.2, 0) is 0 Å². The topological polar surface area (TPSA) is 35.6 Å². The summed E-state index contributed by atoms with van der Waals surface area (Å²) < 4.78 is 0. The van der Waals surface area contributed by atoms with Gasteiger partial charge in [0.25, 0.3) is 0 Å². The molecule has 4 heteroatoms. The lowest BCUT2D eigenvalue weighted by Crippen LogP contribution is -2.52. The van der Waals surface area contributed by atoms with E-state index in [2.05, 4.69) is 55.3 Å². The highest BCUT2D eigenvalue weighted by atomic mass is 16.2. The molecule has 0 unspecified atom stereocenters. The van der Waals surface area contributed by atoms with E-state index in [1.54, 1.807) is 0 Å². The Morgan fingerprint density at radius 1 is 1.13 bits per heavy atom. The number of piperazine rings is 1. The van der Waals surface area contributed by atoms with E-state index >= 15 is 0 Å². The van der Waals surface area contributed by atoms with Gasteiger partial charge in [0.15, 0.2) is 0 Å². The Morgan fingerprint density at radius 3 is 2.48 bits per heavy atom. The quantitative estimate of drug-likeness (QED) is 0.809. The Bertz CT molecular complexity index is 493. The standard InChI is InChI=1S/C19H31N3O/c1-4-5-8-11-20-19(23)22-14-12-21(13-15-22)18-10-7-6-9-17(18)16(2)3/h6-7,9-10,16H,4-5,8,11-15H2,1-3H3,(H,20,23). The number of hydrogen-bond acceptors (Lipinski definition) is 2. The summed E-state index contributed by atoms with van der Waals surface area (Å²) >= 11 is 0. The van der Waals surface area contributed by atoms with E-state index in [-0.39, 0.29) is 6.03 Å². The zero-order valence-electron chi connectivity index (χ0n) is 14.8. The second kappa shape index (κ2) is 8.80. The molecule has 0 bridgehead atoms. The van der Waals surface area contributed by atoms with Gasteiger partial charge >= 0.3 is 6.03 Å². The Kier molecular flexibility index (Phi) is 6.75. The molecule has 1 aliphatic rings. The minimum absolute atomic E-state index is 0.0953. The second-order valence-electron chi connectivity index (χ2n) is 6.63. The van der Waals surface area contributed by atoms with Crippen LogP contribution < -0.4 is 10.2 Å². The van der Waals surface area contributed by atoms with Crippen LogP contribution in [0.15, 0.2) is 24.3 Å². The van der Waals surface area contributed by atoms with Crippen molar-refractivity contribution in [3.8, 4) is 0 Å². The maximum Gasteiger partial charge on any atom is 0.317 e. The zero-order valence-corrected chi connectivity index (χ0v) is 14.8. The number of nitrogens with one attached hydrogen (secondary N) is 1. The average molecular weight is 317 g/mol. The third-order valence-corrected chi connectivity index (χ3v) is 4.52. The normalized spacial score (nSPS) is 15.1. The molecule has 0 atom stereocenters. The molecule has 0 saturated carbocycles. The van der Waals surface area contributed by atoms with Gasteiger partial charge in [-0.25, -0.2) is 4.79 Å². The van der Waals surface area contributed by atoms with Crippen LogP contribution in [-0.4, -0.2) is 43.7 Å². The minimum Gasteiger partial charge on any atom is -0.368 e. The largest absolute Gasteiger partial charge is 0.368 e. The molecule has 0 spiro atoms. The van der Waals surface area contributed by atoms with E-state index in [1.807, 2.05) is 4.90 Å². The summed E-state index contributed by atoms with van der Waals surface area (Å²) in [7, 11) is 0. The van der Waals surface area contributed by atoms with Gasteiger partial charge in [0.05, 0.1) is 0 Å². The number of para-hydroxylation sites is 1. The van der Waals surface area contributed by atoms with Crippen LogP contribution in [0.3, 0.4) is 0 Å². The first-order chi connectivity index (χ1) is 11.1. The van der Waals surface area contributed by atoms with Crippen molar-refractivity contribution in [1.29, 1.82) is 0 Å². The number of hydrogen-bond donors (Lipinski definition) is 1. The summed E-state index contributed by atoms with van der Waals surface area (Å²) in [4.78, 5) is 16.5. The van der Waals surface area contributed by atoms with E-state index < -0.39 is 0 Å². The lowest BCUT2D eigenvalue weighted by atomic mass is 10.00. The van der Waals surface area contributed by atoms with Crippen molar-refractivity contribution in [2.75, 3.05) is 37.6 Å². The van der Waals surface area contributed by atoms with Gasteiger partial charge in [-0.1, -0.05) is 51.8 Å². The third-order valence-electron chi connectivity index (χ3n) is 4.52. The fourth-order valence-corrected chi connectivity index (χ4v) is 3.10. The molecule has 1 aromatic rings. The van der Waals surface area contributed by atoms with Crippen LogP contribution >= 0.6 is 0 Å². The molecule has 1 heterocycles. The predicted molar refractivity (Wildman–Crippen MR) is 97.2 cm³/mol. The van der Waals surface area contributed by atoms with Gasteiger partial charge in [0.2, 0.25) is 0 Å². The monoisotopic (exact) mass is 317 g/mol. The number of rotatable bonds is 6. The summed E-state index contributed by atoms with van der Waals surface area (Å²) in [5.74, 6) is 0.520. The summed E-state index contributed by atoms with van der Waals surface area (Å²) in [6.45, 7) is 10.9. The molecule has 0 aliphatic carbocycles. The molecular formula is C19H31N3O. The van der Waals surface area contributed by atoms with Gasteiger partial charge in [-0.3, -0.25) is 0 Å². The molecule has 4 nitrogen and oxygen atoms in total. The van der Waals surface area contributed by atoms with E-state index in [0.717, 1.165) is 39.1 Å². The number of benzene rings is 1. The first kappa shape index (κ1) is 17.6. The van der Waals surface area contributed by atoms with Crippen LogP contribution in [0.1, 0.15) is 51.5 Å². The van der Waals surface area contributed by atoms with Gasteiger partial charge in [-0.2, -0.15) is 0 Å². The maximum atomic E-state index is 12.2. The maximum absolute atomic E-state index is 12.2. The smallest absolute Gasteiger partial charge is 0.317 e. The van der Waals surface area contributed by atoms with Crippen molar-refractivity contribution in [3.05, 3.63) is 29.8 Å². The van der Waals surface area contributed by atoms with Crippen LogP contribution in [0, 0.1) is 0 Å². The van der Waals surface area contributed by atoms with E-state index in [1.165, 1.54) is 24.1 Å². The number of nitrogens with zero attached hydrogens (tertiary/aromatic N) is 2. The van der Waals surface area contributed by atoms with Gasteiger partial charge in [0, 0.05) is 38.4 Å². The first-order valence-electron chi connectivity index (χ1n) is 9.00. The summed E-state index contributed by atoms with van der Waals surface area (Å²) in [5, 5.41) is 3.04. The number of anilines is 1. The lowest BCUT2D eigenvalue weighted by Gasteiger charge is -2.37. The second-order valence-corrected chi connectivity index (χ2v) is 6.63. The zero-order chi connectivity index (χ0) is 16.7. The van der Waals surface area contributed by atoms with Crippen LogP contribution in [0.2, 0.25) is 0 Å². The van der Waals surface area contributed by atoms with Gasteiger partial charge in [0.1, 0.15) is 0 Å². The Morgan fingerprint density at radius 2 is 1.83 bits per heavy atom. The van der Waals surface area contributed by atoms with E-state index in [4.69, 9.17) is 0 Å². The highest BCUT2D eigenvalue weighted by Gasteiger charge is 2.22.